The van der Waals surface area contributed by atoms with Gasteiger partial charge in [0.2, 0.25) is 0 Å². The fourth-order valence-corrected chi connectivity index (χ4v) is 9.45. The van der Waals surface area contributed by atoms with Crippen LogP contribution in [0.15, 0.2) is 181 Å². The average molecular weight is 695 g/mol. The van der Waals surface area contributed by atoms with Crippen molar-refractivity contribution in [3.05, 3.63) is 204 Å². The summed E-state index contributed by atoms with van der Waals surface area (Å²) in [5, 5.41) is 3.48. The van der Waals surface area contributed by atoms with Crippen LogP contribution < -0.4 is 4.74 Å². The van der Waals surface area contributed by atoms with Gasteiger partial charge in [0.1, 0.15) is 11.5 Å². The van der Waals surface area contributed by atoms with E-state index in [0.717, 1.165) is 50.7 Å². The van der Waals surface area contributed by atoms with Crippen LogP contribution in [0.3, 0.4) is 0 Å². The Labute approximate surface area is 311 Å². The Morgan fingerprint density at radius 2 is 1.06 bits per heavy atom. The van der Waals surface area contributed by atoms with Crippen molar-refractivity contribution in [3.8, 4) is 67.7 Å². The number of para-hydroxylation sites is 1. The molecule has 0 radical (unpaired) electrons. The Kier molecular flexibility index (Phi) is 6.64. The summed E-state index contributed by atoms with van der Waals surface area (Å²) in [5.74, 6) is 2.43. The topological polar surface area (TPSA) is 35.0 Å². The molecule has 1 spiro atoms. The van der Waals surface area contributed by atoms with Crippen molar-refractivity contribution in [3.63, 3.8) is 0 Å². The predicted molar refractivity (Wildman–Crippen MR) is 217 cm³/mol. The standard InChI is InChI=1S/C49H30N2OS/c1-3-11-31(12-4-1)32-19-21-33(22-20-32)42-30-43(51-48(50-42)35-13-5-2-6-14-35)36-24-26-45-41(29-36)49(39-17-9-10-18-44(39)52-45)38-16-8-7-15-37(38)46-40(49)25-23-34-27-28-53-47(34)46/h1-30H. The smallest absolute Gasteiger partial charge is 0.160 e. The van der Waals surface area contributed by atoms with Crippen molar-refractivity contribution in [2.75, 3.05) is 0 Å². The number of fused-ring (bicyclic) bond motifs is 11. The summed E-state index contributed by atoms with van der Waals surface area (Å²) in [5.41, 5.74) is 14.0. The van der Waals surface area contributed by atoms with E-state index in [-0.39, 0.29) is 0 Å². The molecule has 11 rings (SSSR count). The zero-order chi connectivity index (χ0) is 34.9. The molecular weight excluding hydrogens is 665 g/mol. The number of benzene rings is 7. The molecule has 1 atom stereocenters. The third-order valence-electron chi connectivity index (χ3n) is 10.9. The molecule has 3 heterocycles. The van der Waals surface area contributed by atoms with Gasteiger partial charge in [0.25, 0.3) is 0 Å². The van der Waals surface area contributed by atoms with E-state index in [4.69, 9.17) is 14.7 Å². The minimum Gasteiger partial charge on any atom is -0.457 e. The monoisotopic (exact) mass is 694 g/mol. The largest absolute Gasteiger partial charge is 0.457 e. The number of hydrogen-bond donors (Lipinski definition) is 0. The molecule has 2 aromatic heterocycles. The van der Waals surface area contributed by atoms with Crippen LogP contribution in [-0.4, -0.2) is 9.97 Å². The van der Waals surface area contributed by atoms with Crippen molar-refractivity contribution < 1.29 is 4.74 Å². The Bertz CT molecular complexity index is 2860. The van der Waals surface area contributed by atoms with Gasteiger partial charge in [0, 0.05) is 38.1 Å². The number of thiophene rings is 1. The van der Waals surface area contributed by atoms with Crippen LogP contribution in [0.5, 0.6) is 11.5 Å². The Hall–Kier alpha value is -6.62. The number of aromatic nitrogens is 2. The lowest BCUT2D eigenvalue weighted by atomic mass is 9.66. The molecule has 0 N–H and O–H groups in total. The first-order chi connectivity index (χ1) is 26.3. The Morgan fingerprint density at radius 1 is 0.434 bits per heavy atom. The van der Waals surface area contributed by atoms with E-state index >= 15 is 0 Å². The molecule has 2 aliphatic rings. The van der Waals surface area contributed by atoms with E-state index in [9.17, 15) is 0 Å². The summed E-state index contributed by atoms with van der Waals surface area (Å²) in [4.78, 5) is 10.4. The molecule has 7 aromatic carbocycles. The molecule has 1 aliphatic carbocycles. The highest BCUT2D eigenvalue weighted by Gasteiger charge is 2.51. The van der Waals surface area contributed by atoms with Crippen molar-refractivity contribution in [1.29, 1.82) is 0 Å². The summed E-state index contributed by atoms with van der Waals surface area (Å²) in [6, 6.07) is 62.4. The summed E-state index contributed by atoms with van der Waals surface area (Å²) in [7, 11) is 0. The van der Waals surface area contributed by atoms with Crippen LogP contribution in [0, 0.1) is 0 Å². The van der Waals surface area contributed by atoms with Gasteiger partial charge in [-0.25, -0.2) is 9.97 Å². The van der Waals surface area contributed by atoms with Crippen LogP contribution in [-0.2, 0) is 5.41 Å². The molecule has 0 saturated heterocycles. The molecule has 0 saturated carbocycles. The van der Waals surface area contributed by atoms with Crippen molar-refractivity contribution in [1.82, 2.24) is 9.97 Å². The molecule has 1 unspecified atom stereocenters. The van der Waals surface area contributed by atoms with Crippen LogP contribution in [0.25, 0.3) is 66.2 Å². The molecule has 248 valence electrons. The van der Waals surface area contributed by atoms with Gasteiger partial charge in [0.15, 0.2) is 5.82 Å². The fraction of sp³-hybridized carbons (Fsp3) is 0.0204. The van der Waals surface area contributed by atoms with Gasteiger partial charge < -0.3 is 4.74 Å². The van der Waals surface area contributed by atoms with E-state index in [1.165, 1.54) is 43.5 Å². The molecule has 53 heavy (non-hydrogen) atoms. The molecule has 0 bridgehead atoms. The second-order valence-corrected chi connectivity index (χ2v) is 14.6. The molecule has 4 heteroatoms. The maximum atomic E-state index is 6.76. The van der Waals surface area contributed by atoms with Gasteiger partial charge in [-0.3, -0.25) is 0 Å². The van der Waals surface area contributed by atoms with Gasteiger partial charge in [-0.05, 0) is 75.0 Å². The molecule has 0 amide bonds. The van der Waals surface area contributed by atoms with Crippen LogP contribution in [0.4, 0.5) is 0 Å². The van der Waals surface area contributed by atoms with E-state index in [1.807, 2.05) is 35.6 Å². The van der Waals surface area contributed by atoms with E-state index in [2.05, 4.69) is 157 Å². The fourth-order valence-electron chi connectivity index (χ4n) is 8.49. The summed E-state index contributed by atoms with van der Waals surface area (Å²) >= 11 is 1.82. The Balaban J connectivity index is 1.14. The highest BCUT2D eigenvalue weighted by molar-refractivity contribution is 7.17. The van der Waals surface area contributed by atoms with Gasteiger partial charge in [0.05, 0.1) is 16.8 Å². The molecule has 3 nitrogen and oxygen atoms in total. The van der Waals surface area contributed by atoms with Gasteiger partial charge in [-0.1, -0.05) is 140 Å². The first-order valence-electron chi connectivity index (χ1n) is 17.9. The van der Waals surface area contributed by atoms with Gasteiger partial charge in [-0.2, -0.15) is 0 Å². The third-order valence-corrected chi connectivity index (χ3v) is 11.8. The van der Waals surface area contributed by atoms with Crippen LogP contribution in [0.1, 0.15) is 22.3 Å². The van der Waals surface area contributed by atoms with E-state index < -0.39 is 5.41 Å². The highest BCUT2D eigenvalue weighted by atomic mass is 32.1. The normalized spacial score (nSPS) is 15.0. The number of ether oxygens (including phenoxy) is 1. The Morgan fingerprint density at radius 3 is 1.87 bits per heavy atom. The second-order valence-electron chi connectivity index (χ2n) is 13.7. The van der Waals surface area contributed by atoms with Crippen LogP contribution in [0.2, 0.25) is 0 Å². The van der Waals surface area contributed by atoms with Gasteiger partial charge in [-0.15, -0.1) is 11.3 Å². The van der Waals surface area contributed by atoms with Gasteiger partial charge >= 0.3 is 0 Å². The lowest BCUT2D eigenvalue weighted by Crippen LogP contribution is -2.32. The van der Waals surface area contributed by atoms with Crippen molar-refractivity contribution in [2.45, 2.75) is 5.41 Å². The zero-order valence-corrected chi connectivity index (χ0v) is 29.3. The maximum absolute atomic E-state index is 6.76. The summed E-state index contributed by atoms with van der Waals surface area (Å²) < 4.78 is 8.08. The highest BCUT2D eigenvalue weighted by Crippen LogP contribution is 2.63. The minimum absolute atomic E-state index is 0.574. The number of nitrogens with zero attached hydrogens (tertiary/aromatic N) is 2. The molecular formula is C49H30N2OS. The SMILES string of the molecule is c1ccc(-c2ccc(-c3cc(-c4ccc5c(c4)C4(c6ccccc6O5)c5ccccc5-c5c4ccc4ccsc54)nc(-c4ccccc4)n3)cc2)cc1. The second kappa shape index (κ2) is 11.7. The van der Waals surface area contributed by atoms with Crippen molar-refractivity contribution >= 4 is 21.4 Å². The minimum atomic E-state index is -0.574. The quantitative estimate of drug-likeness (QED) is 0.184. The third kappa shape index (κ3) is 4.52. The number of rotatable bonds is 4. The first-order valence-corrected chi connectivity index (χ1v) is 18.8. The molecule has 1 aliphatic heterocycles. The lowest BCUT2D eigenvalue weighted by molar-refractivity contribution is 0.436. The number of hydrogen-bond acceptors (Lipinski definition) is 4. The summed E-state index contributed by atoms with van der Waals surface area (Å²) in [6.45, 7) is 0. The maximum Gasteiger partial charge on any atom is 0.160 e. The van der Waals surface area contributed by atoms with E-state index in [0.29, 0.717) is 5.82 Å². The zero-order valence-electron chi connectivity index (χ0n) is 28.5. The lowest BCUT2D eigenvalue weighted by Gasteiger charge is -2.39. The van der Waals surface area contributed by atoms with Crippen LogP contribution >= 0.6 is 11.3 Å². The van der Waals surface area contributed by atoms with Crippen molar-refractivity contribution in [2.24, 2.45) is 0 Å². The molecule has 0 fully saturated rings. The average Bonchev–Trinajstić information content (AvgIpc) is 3.83. The summed E-state index contributed by atoms with van der Waals surface area (Å²) in [6.07, 6.45) is 0. The predicted octanol–water partition coefficient (Wildman–Crippen LogP) is 12.8. The first kappa shape index (κ1) is 30.0. The molecule has 9 aromatic rings. The van der Waals surface area contributed by atoms with E-state index in [1.54, 1.807) is 0 Å².